The zero-order valence-corrected chi connectivity index (χ0v) is 12.2. The third kappa shape index (κ3) is 2.28. The van der Waals surface area contributed by atoms with Gasteiger partial charge < -0.3 is 10.4 Å². The molecule has 3 aromatic rings. The van der Waals surface area contributed by atoms with E-state index < -0.39 is 0 Å². The van der Waals surface area contributed by atoms with Gasteiger partial charge in [0.15, 0.2) is 0 Å². The topological polar surface area (TPSA) is 45.1 Å². The molecule has 0 unspecified atom stereocenters. The van der Waals surface area contributed by atoms with Crippen molar-refractivity contribution in [3.63, 3.8) is 0 Å². The highest BCUT2D eigenvalue weighted by molar-refractivity contribution is 5.81. The number of aliphatic hydroxyl groups excluding tert-OH is 1. The van der Waals surface area contributed by atoms with E-state index in [-0.39, 0.29) is 12.1 Å². The lowest BCUT2D eigenvalue weighted by molar-refractivity contribution is 0.140. The van der Waals surface area contributed by atoms with E-state index in [1.165, 1.54) is 11.1 Å². The van der Waals surface area contributed by atoms with Crippen molar-refractivity contribution in [2.24, 2.45) is 0 Å². The molecule has 2 atom stereocenters. The second-order valence-corrected chi connectivity index (χ2v) is 5.82. The summed E-state index contributed by atoms with van der Waals surface area (Å²) in [7, 11) is 0. The molecule has 0 spiro atoms. The highest BCUT2D eigenvalue weighted by Gasteiger charge is 2.30. The third-order valence-corrected chi connectivity index (χ3v) is 4.43. The molecule has 0 radical (unpaired) electrons. The summed E-state index contributed by atoms with van der Waals surface area (Å²) in [6, 6.07) is 18.5. The SMILES string of the molecule is O[C@H]1Cc2ccccc2[C@H]1NCc1cccc2cccnc12. The van der Waals surface area contributed by atoms with Gasteiger partial charge in [-0.25, -0.2) is 0 Å². The van der Waals surface area contributed by atoms with Crippen molar-refractivity contribution in [1.82, 2.24) is 10.3 Å². The van der Waals surface area contributed by atoms with Crippen LogP contribution in [0, 0.1) is 0 Å². The summed E-state index contributed by atoms with van der Waals surface area (Å²) in [5, 5.41) is 15.0. The Kier molecular flexibility index (Phi) is 3.37. The minimum atomic E-state index is -0.361. The number of aliphatic hydroxyl groups is 1. The molecular weight excluding hydrogens is 272 g/mol. The maximum absolute atomic E-state index is 10.3. The second-order valence-electron chi connectivity index (χ2n) is 5.82. The molecule has 1 aromatic heterocycles. The van der Waals surface area contributed by atoms with Crippen LogP contribution in [0.1, 0.15) is 22.7 Å². The molecule has 22 heavy (non-hydrogen) atoms. The first-order chi connectivity index (χ1) is 10.8. The molecule has 3 heteroatoms. The molecule has 0 aliphatic heterocycles. The van der Waals surface area contributed by atoms with Gasteiger partial charge in [-0.05, 0) is 22.8 Å². The van der Waals surface area contributed by atoms with E-state index in [2.05, 4.69) is 46.7 Å². The van der Waals surface area contributed by atoms with Crippen LogP contribution in [0.15, 0.2) is 60.8 Å². The molecule has 1 heterocycles. The summed E-state index contributed by atoms with van der Waals surface area (Å²) in [6.07, 6.45) is 2.19. The molecule has 4 rings (SSSR count). The number of para-hydroxylation sites is 1. The van der Waals surface area contributed by atoms with Crippen LogP contribution in [-0.2, 0) is 13.0 Å². The maximum atomic E-state index is 10.3. The summed E-state index contributed by atoms with van der Waals surface area (Å²) in [6.45, 7) is 0.699. The number of nitrogens with zero attached hydrogens (tertiary/aromatic N) is 1. The molecule has 3 nitrogen and oxygen atoms in total. The van der Waals surface area contributed by atoms with Crippen LogP contribution >= 0.6 is 0 Å². The summed E-state index contributed by atoms with van der Waals surface area (Å²) >= 11 is 0. The van der Waals surface area contributed by atoms with Gasteiger partial charge in [0.1, 0.15) is 0 Å². The normalized spacial score (nSPS) is 20.2. The minimum Gasteiger partial charge on any atom is -0.391 e. The van der Waals surface area contributed by atoms with Gasteiger partial charge in [-0.3, -0.25) is 4.98 Å². The number of fused-ring (bicyclic) bond motifs is 2. The molecule has 110 valence electrons. The van der Waals surface area contributed by atoms with E-state index in [0.717, 1.165) is 22.9 Å². The Labute approximate surface area is 129 Å². The number of rotatable bonds is 3. The van der Waals surface area contributed by atoms with Crippen molar-refractivity contribution in [2.45, 2.75) is 25.1 Å². The Hall–Kier alpha value is -2.23. The Balaban J connectivity index is 1.60. The van der Waals surface area contributed by atoms with Crippen molar-refractivity contribution in [3.05, 3.63) is 77.5 Å². The predicted molar refractivity (Wildman–Crippen MR) is 87.5 cm³/mol. The van der Waals surface area contributed by atoms with Gasteiger partial charge in [0.25, 0.3) is 0 Å². The molecular formula is C19H18N2O. The van der Waals surface area contributed by atoms with Gasteiger partial charge in [-0.1, -0.05) is 48.5 Å². The monoisotopic (exact) mass is 290 g/mol. The zero-order chi connectivity index (χ0) is 14.9. The average molecular weight is 290 g/mol. The van der Waals surface area contributed by atoms with Crippen LogP contribution in [0.3, 0.4) is 0 Å². The molecule has 1 aliphatic rings. The van der Waals surface area contributed by atoms with Crippen molar-refractivity contribution >= 4 is 10.9 Å². The van der Waals surface area contributed by atoms with Gasteiger partial charge >= 0.3 is 0 Å². The fourth-order valence-electron chi connectivity index (χ4n) is 3.35. The van der Waals surface area contributed by atoms with E-state index >= 15 is 0 Å². The summed E-state index contributed by atoms with van der Waals surface area (Å²) < 4.78 is 0. The third-order valence-electron chi connectivity index (χ3n) is 4.43. The molecule has 0 bridgehead atoms. The number of nitrogens with one attached hydrogen (secondary N) is 1. The Morgan fingerprint density at radius 2 is 1.91 bits per heavy atom. The first-order valence-electron chi connectivity index (χ1n) is 7.65. The van der Waals surface area contributed by atoms with Gasteiger partial charge in [0, 0.05) is 24.5 Å². The minimum absolute atomic E-state index is 0.00447. The standard InChI is InChI=1S/C19H18N2O/c22-17-11-14-5-1-2-9-16(14)19(17)21-12-15-7-3-6-13-8-4-10-20-18(13)15/h1-10,17,19,21-22H,11-12H2/t17-,19+/m0/s1. The van der Waals surface area contributed by atoms with Gasteiger partial charge in [0.2, 0.25) is 0 Å². The first-order valence-corrected chi connectivity index (χ1v) is 7.65. The van der Waals surface area contributed by atoms with Crippen molar-refractivity contribution in [2.75, 3.05) is 0 Å². The quantitative estimate of drug-likeness (QED) is 0.779. The summed E-state index contributed by atoms with van der Waals surface area (Å²) in [4.78, 5) is 4.49. The average Bonchev–Trinajstić information content (AvgIpc) is 2.88. The number of hydrogen-bond acceptors (Lipinski definition) is 3. The molecule has 0 saturated heterocycles. The number of aromatic nitrogens is 1. The summed E-state index contributed by atoms with van der Waals surface area (Å²) in [5.74, 6) is 0. The van der Waals surface area contributed by atoms with Crippen LogP contribution in [0.2, 0.25) is 0 Å². The first kappa shape index (κ1) is 13.4. The molecule has 1 aliphatic carbocycles. The number of pyridine rings is 1. The van der Waals surface area contributed by atoms with Crippen LogP contribution < -0.4 is 5.32 Å². The Morgan fingerprint density at radius 3 is 2.86 bits per heavy atom. The Morgan fingerprint density at radius 1 is 1.05 bits per heavy atom. The largest absolute Gasteiger partial charge is 0.391 e. The van der Waals surface area contributed by atoms with Crippen molar-refractivity contribution in [3.8, 4) is 0 Å². The van der Waals surface area contributed by atoms with E-state index in [9.17, 15) is 5.11 Å². The van der Waals surface area contributed by atoms with Crippen LogP contribution in [-0.4, -0.2) is 16.2 Å². The summed E-state index contributed by atoms with van der Waals surface area (Å²) in [5.41, 5.74) is 4.64. The fourth-order valence-corrected chi connectivity index (χ4v) is 3.35. The highest BCUT2D eigenvalue weighted by Crippen LogP contribution is 2.31. The number of hydrogen-bond donors (Lipinski definition) is 2. The Bertz CT molecular complexity index is 810. The predicted octanol–water partition coefficient (Wildman–Crippen LogP) is 2.98. The molecule has 2 aromatic carbocycles. The van der Waals surface area contributed by atoms with Gasteiger partial charge in [0.05, 0.1) is 17.7 Å². The van der Waals surface area contributed by atoms with E-state index in [0.29, 0.717) is 6.54 Å². The lowest BCUT2D eigenvalue weighted by atomic mass is 10.1. The molecule has 2 N–H and O–H groups in total. The fraction of sp³-hybridized carbons (Fsp3) is 0.211. The zero-order valence-electron chi connectivity index (χ0n) is 12.2. The maximum Gasteiger partial charge on any atom is 0.0775 e. The van der Waals surface area contributed by atoms with Gasteiger partial charge in [-0.2, -0.15) is 0 Å². The van der Waals surface area contributed by atoms with E-state index in [4.69, 9.17) is 0 Å². The number of benzene rings is 2. The van der Waals surface area contributed by atoms with Crippen LogP contribution in [0.4, 0.5) is 0 Å². The lowest BCUT2D eigenvalue weighted by Crippen LogP contribution is -2.28. The molecule has 0 amide bonds. The molecule has 0 saturated carbocycles. The molecule has 0 fully saturated rings. The van der Waals surface area contributed by atoms with Crippen molar-refractivity contribution < 1.29 is 5.11 Å². The van der Waals surface area contributed by atoms with Crippen LogP contribution in [0.5, 0.6) is 0 Å². The van der Waals surface area contributed by atoms with Crippen molar-refractivity contribution in [1.29, 1.82) is 0 Å². The van der Waals surface area contributed by atoms with Crippen LogP contribution in [0.25, 0.3) is 10.9 Å². The van der Waals surface area contributed by atoms with E-state index in [1.54, 1.807) is 0 Å². The lowest BCUT2D eigenvalue weighted by Gasteiger charge is -2.18. The highest BCUT2D eigenvalue weighted by atomic mass is 16.3. The smallest absolute Gasteiger partial charge is 0.0775 e. The van der Waals surface area contributed by atoms with Gasteiger partial charge in [-0.15, -0.1) is 0 Å². The van der Waals surface area contributed by atoms with E-state index in [1.807, 2.05) is 24.4 Å². The second kappa shape index (κ2) is 5.52.